The van der Waals surface area contributed by atoms with E-state index in [9.17, 15) is 8.42 Å². The van der Waals surface area contributed by atoms with Crippen molar-refractivity contribution in [3.05, 3.63) is 71.0 Å². The lowest BCUT2D eigenvalue weighted by Crippen LogP contribution is -2.12. The summed E-state index contributed by atoms with van der Waals surface area (Å²) >= 11 is 3.39. The number of nitrogens with two attached hydrogens (primary N) is 1. The highest BCUT2D eigenvalue weighted by Crippen LogP contribution is 2.19. The van der Waals surface area contributed by atoms with E-state index < -0.39 is 10.0 Å². The van der Waals surface area contributed by atoms with Crippen molar-refractivity contribution in [2.45, 2.75) is 11.4 Å². The number of aromatic nitrogens is 2. The number of nitrogens with one attached hydrogen (secondary N) is 2. The topological polar surface area (TPSA) is 110 Å². The zero-order valence-electron chi connectivity index (χ0n) is 13.6. The molecular weight excluding hydrogens is 418 g/mol. The summed E-state index contributed by atoms with van der Waals surface area (Å²) in [7, 11) is -3.72. The third-order valence-corrected chi connectivity index (χ3v) is 4.92. The molecule has 0 fully saturated rings. The fourth-order valence-corrected chi connectivity index (χ4v) is 3.08. The number of halogens is 1. The van der Waals surface area contributed by atoms with Gasteiger partial charge in [0.25, 0.3) is 0 Å². The molecule has 0 saturated heterocycles. The summed E-state index contributed by atoms with van der Waals surface area (Å²) < 4.78 is 23.8. The molecule has 0 atom stereocenters. The third kappa shape index (κ3) is 5.01. The largest absolute Gasteiger partial charge is 0.366 e. The average Bonchev–Trinajstić information content (AvgIpc) is 2.62. The van der Waals surface area contributed by atoms with Gasteiger partial charge in [-0.2, -0.15) is 0 Å². The Hall–Kier alpha value is -2.49. The second kappa shape index (κ2) is 7.81. The maximum Gasteiger partial charge on any atom is 0.238 e. The summed E-state index contributed by atoms with van der Waals surface area (Å²) in [6, 6.07) is 15.9. The standard InChI is InChI=1S/C17H16BrN5O2S/c18-13-4-6-14(7-5-13)23-17-9-16(21-11-22-17)20-10-12-2-1-3-15(8-12)26(19,24)25/h1-9,11H,10H2,(H2,19,24,25)(H2,20,21,22,23). The van der Waals surface area contributed by atoms with E-state index >= 15 is 0 Å². The summed E-state index contributed by atoms with van der Waals surface area (Å²) in [5.74, 6) is 1.25. The molecule has 4 N–H and O–H groups in total. The highest BCUT2D eigenvalue weighted by Gasteiger charge is 2.08. The van der Waals surface area contributed by atoms with E-state index in [1.807, 2.05) is 30.3 Å². The van der Waals surface area contributed by atoms with Gasteiger partial charge in [-0.15, -0.1) is 0 Å². The lowest BCUT2D eigenvalue weighted by Gasteiger charge is -2.09. The van der Waals surface area contributed by atoms with Gasteiger partial charge in [-0.3, -0.25) is 0 Å². The molecule has 0 bridgehead atoms. The molecule has 3 rings (SSSR count). The summed E-state index contributed by atoms with van der Waals surface area (Å²) in [6.45, 7) is 0.401. The summed E-state index contributed by atoms with van der Waals surface area (Å²) in [4.78, 5) is 8.44. The van der Waals surface area contributed by atoms with Crippen LogP contribution in [-0.2, 0) is 16.6 Å². The molecule has 9 heteroatoms. The van der Waals surface area contributed by atoms with Crippen LogP contribution in [0.5, 0.6) is 0 Å². The smallest absolute Gasteiger partial charge is 0.238 e. The van der Waals surface area contributed by atoms with Gasteiger partial charge in [0.2, 0.25) is 10.0 Å². The van der Waals surface area contributed by atoms with Crippen LogP contribution >= 0.6 is 15.9 Å². The SMILES string of the molecule is NS(=O)(=O)c1cccc(CNc2cc(Nc3ccc(Br)cc3)ncn2)c1. The predicted octanol–water partition coefficient (Wildman–Crippen LogP) is 3.24. The van der Waals surface area contributed by atoms with Crippen molar-refractivity contribution in [3.63, 3.8) is 0 Å². The number of hydrogen-bond donors (Lipinski definition) is 3. The molecule has 2 aromatic carbocycles. The number of hydrogen-bond acceptors (Lipinski definition) is 6. The molecule has 1 aromatic heterocycles. The Kier molecular flexibility index (Phi) is 5.50. The van der Waals surface area contributed by atoms with Crippen LogP contribution in [0, 0.1) is 0 Å². The lowest BCUT2D eigenvalue weighted by molar-refractivity contribution is 0.597. The van der Waals surface area contributed by atoms with Crippen LogP contribution in [0.3, 0.4) is 0 Å². The van der Waals surface area contributed by atoms with Crippen molar-refractivity contribution >= 4 is 43.3 Å². The molecule has 0 saturated carbocycles. The third-order valence-electron chi connectivity index (χ3n) is 3.48. The van der Waals surface area contributed by atoms with E-state index in [1.54, 1.807) is 12.1 Å². The second-order valence-electron chi connectivity index (χ2n) is 5.47. The van der Waals surface area contributed by atoms with E-state index in [0.717, 1.165) is 15.7 Å². The molecule has 0 unspecified atom stereocenters. The minimum absolute atomic E-state index is 0.0806. The Bertz CT molecular complexity index is 1010. The Morgan fingerprint density at radius 3 is 2.46 bits per heavy atom. The molecule has 0 spiro atoms. The quantitative estimate of drug-likeness (QED) is 0.550. The Balaban J connectivity index is 1.68. The van der Waals surface area contributed by atoms with Crippen LogP contribution in [0.25, 0.3) is 0 Å². The van der Waals surface area contributed by atoms with Gasteiger partial charge < -0.3 is 10.6 Å². The minimum Gasteiger partial charge on any atom is -0.366 e. The molecule has 7 nitrogen and oxygen atoms in total. The van der Waals surface area contributed by atoms with Crippen molar-refractivity contribution < 1.29 is 8.42 Å². The monoisotopic (exact) mass is 433 g/mol. The van der Waals surface area contributed by atoms with Gasteiger partial charge in [0, 0.05) is 22.8 Å². The maximum atomic E-state index is 11.4. The first-order valence-corrected chi connectivity index (χ1v) is 9.94. The molecule has 0 aliphatic heterocycles. The van der Waals surface area contributed by atoms with Gasteiger partial charge in [0.15, 0.2) is 0 Å². The summed E-state index contributed by atoms with van der Waals surface area (Å²) in [5, 5.41) is 11.5. The van der Waals surface area contributed by atoms with Crippen molar-refractivity contribution in [1.82, 2.24) is 9.97 Å². The fraction of sp³-hybridized carbons (Fsp3) is 0.0588. The number of primary sulfonamides is 1. The molecule has 0 amide bonds. The van der Waals surface area contributed by atoms with Crippen molar-refractivity contribution in [2.24, 2.45) is 5.14 Å². The predicted molar refractivity (Wildman–Crippen MR) is 105 cm³/mol. The van der Waals surface area contributed by atoms with E-state index in [2.05, 4.69) is 36.5 Å². The van der Waals surface area contributed by atoms with Crippen LogP contribution in [-0.4, -0.2) is 18.4 Å². The van der Waals surface area contributed by atoms with Crippen LogP contribution in [0.15, 0.2) is 70.3 Å². The van der Waals surface area contributed by atoms with Crippen molar-refractivity contribution in [2.75, 3.05) is 10.6 Å². The average molecular weight is 434 g/mol. The molecule has 1 heterocycles. The fourth-order valence-electron chi connectivity index (χ4n) is 2.23. The highest BCUT2D eigenvalue weighted by atomic mass is 79.9. The molecule has 0 aliphatic carbocycles. The molecule has 134 valence electrons. The Labute approximate surface area is 159 Å². The van der Waals surface area contributed by atoms with Crippen LogP contribution < -0.4 is 15.8 Å². The molecule has 0 radical (unpaired) electrons. The first-order valence-electron chi connectivity index (χ1n) is 7.60. The zero-order valence-corrected chi connectivity index (χ0v) is 16.0. The highest BCUT2D eigenvalue weighted by molar-refractivity contribution is 9.10. The zero-order chi connectivity index (χ0) is 18.6. The summed E-state index contributed by atoms with van der Waals surface area (Å²) in [5.41, 5.74) is 1.68. The number of benzene rings is 2. The lowest BCUT2D eigenvalue weighted by atomic mass is 10.2. The Morgan fingerprint density at radius 2 is 1.73 bits per heavy atom. The van der Waals surface area contributed by atoms with Crippen molar-refractivity contribution in [1.29, 1.82) is 0 Å². The minimum atomic E-state index is -3.72. The summed E-state index contributed by atoms with van der Waals surface area (Å²) in [6.07, 6.45) is 1.45. The van der Waals surface area contributed by atoms with Crippen LogP contribution in [0.1, 0.15) is 5.56 Å². The van der Waals surface area contributed by atoms with Gasteiger partial charge in [0.05, 0.1) is 4.90 Å². The normalized spacial score (nSPS) is 11.2. The van der Waals surface area contributed by atoms with Gasteiger partial charge in [-0.25, -0.2) is 23.5 Å². The first-order chi connectivity index (χ1) is 12.4. The van der Waals surface area contributed by atoms with E-state index in [4.69, 9.17) is 5.14 Å². The number of anilines is 3. The first kappa shape index (κ1) is 18.3. The van der Waals surface area contributed by atoms with E-state index in [1.165, 1.54) is 18.5 Å². The number of rotatable bonds is 6. The number of nitrogens with zero attached hydrogens (tertiary/aromatic N) is 2. The molecule has 3 aromatic rings. The maximum absolute atomic E-state index is 11.4. The number of sulfonamides is 1. The van der Waals surface area contributed by atoms with E-state index in [-0.39, 0.29) is 4.90 Å². The van der Waals surface area contributed by atoms with Crippen LogP contribution in [0.4, 0.5) is 17.3 Å². The Morgan fingerprint density at radius 1 is 1.00 bits per heavy atom. The van der Waals surface area contributed by atoms with Gasteiger partial charge in [-0.1, -0.05) is 28.1 Å². The van der Waals surface area contributed by atoms with Crippen molar-refractivity contribution in [3.8, 4) is 0 Å². The molecule has 26 heavy (non-hydrogen) atoms. The molecule has 0 aliphatic rings. The van der Waals surface area contributed by atoms with Gasteiger partial charge in [0.1, 0.15) is 18.0 Å². The van der Waals surface area contributed by atoms with Crippen LogP contribution in [0.2, 0.25) is 0 Å². The van der Waals surface area contributed by atoms with E-state index in [0.29, 0.717) is 18.2 Å². The second-order valence-corrected chi connectivity index (χ2v) is 7.94. The van der Waals surface area contributed by atoms with Gasteiger partial charge in [-0.05, 0) is 42.0 Å². The van der Waals surface area contributed by atoms with Gasteiger partial charge >= 0.3 is 0 Å². The molecular formula is C17H16BrN5O2S.